The molecule has 0 fully saturated rings. The van der Waals surface area contributed by atoms with Gasteiger partial charge in [0.05, 0.1) is 11.6 Å². The van der Waals surface area contributed by atoms with Crippen molar-refractivity contribution in [3.8, 4) is 0 Å². The maximum absolute atomic E-state index is 13.6. The summed E-state index contributed by atoms with van der Waals surface area (Å²) in [6.45, 7) is 0.395. The van der Waals surface area contributed by atoms with Crippen LogP contribution >= 0.6 is 11.6 Å². The number of ketones is 1. The zero-order valence-electron chi connectivity index (χ0n) is 15.2. The number of amides is 1. The predicted molar refractivity (Wildman–Crippen MR) is 110 cm³/mol. The number of para-hydroxylation sites is 1. The first-order valence-electron chi connectivity index (χ1n) is 9.21. The van der Waals surface area contributed by atoms with Crippen LogP contribution in [0.4, 0.5) is 5.69 Å². The third-order valence-electron chi connectivity index (χ3n) is 5.06. The first-order valence-corrected chi connectivity index (χ1v) is 9.59. The predicted octanol–water partition coefficient (Wildman–Crippen LogP) is 4.68. The molecule has 140 valence electrons. The van der Waals surface area contributed by atoms with Crippen molar-refractivity contribution >= 4 is 29.0 Å². The van der Waals surface area contributed by atoms with Crippen molar-refractivity contribution in [3.63, 3.8) is 0 Å². The van der Waals surface area contributed by atoms with Crippen LogP contribution in [0.5, 0.6) is 0 Å². The van der Waals surface area contributed by atoms with Crippen molar-refractivity contribution in [1.29, 1.82) is 0 Å². The summed E-state index contributed by atoms with van der Waals surface area (Å²) in [6, 6.07) is 18.5. The molecule has 1 aliphatic rings. The highest BCUT2D eigenvalue weighted by molar-refractivity contribution is 6.30. The molecular formula is C23H19ClN2O2. The molecule has 1 amide bonds. The standard InChI is InChI=1S/C23H19ClN2O2/c24-18-9-7-17(8-10-18)20(14-16-4-3-12-25-15-16)23(28)26-13-11-22(27)19-5-1-2-6-21(19)26/h1-10,12,15,20H,11,13-14H2. The summed E-state index contributed by atoms with van der Waals surface area (Å²) in [7, 11) is 0. The minimum atomic E-state index is -0.386. The second kappa shape index (κ2) is 7.95. The number of nitrogens with zero attached hydrogens (tertiary/aromatic N) is 2. The number of rotatable bonds is 4. The molecule has 1 aromatic heterocycles. The van der Waals surface area contributed by atoms with Gasteiger partial charge in [-0.25, -0.2) is 0 Å². The van der Waals surface area contributed by atoms with E-state index in [1.54, 1.807) is 35.5 Å². The molecule has 0 radical (unpaired) electrons. The Morgan fingerprint density at radius 2 is 1.86 bits per heavy atom. The number of Topliss-reactive ketones (excluding diaryl/α,β-unsaturated/α-hetero) is 1. The quantitative estimate of drug-likeness (QED) is 0.649. The molecule has 1 unspecified atom stereocenters. The third kappa shape index (κ3) is 3.69. The Labute approximate surface area is 168 Å². The van der Waals surface area contributed by atoms with E-state index in [4.69, 9.17) is 11.6 Å². The Balaban J connectivity index is 1.72. The zero-order valence-corrected chi connectivity index (χ0v) is 16.0. The van der Waals surface area contributed by atoms with Crippen LogP contribution in [0.2, 0.25) is 5.02 Å². The van der Waals surface area contributed by atoms with Crippen molar-refractivity contribution in [2.75, 3.05) is 11.4 Å². The fraction of sp³-hybridized carbons (Fsp3) is 0.174. The topological polar surface area (TPSA) is 50.3 Å². The molecule has 0 spiro atoms. The van der Waals surface area contributed by atoms with Crippen LogP contribution < -0.4 is 4.90 Å². The lowest BCUT2D eigenvalue weighted by Gasteiger charge is -2.32. The van der Waals surface area contributed by atoms with Gasteiger partial charge in [0.1, 0.15) is 0 Å². The lowest BCUT2D eigenvalue weighted by atomic mass is 9.89. The number of hydrogen-bond donors (Lipinski definition) is 0. The van der Waals surface area contributed by atoms with E-state index in [-0.39, 0.29) is 17.6 Å². The summed E-state index contributed by atoms with van der Waals surface area (Å²) in [4.78, 5) is 31.8. The smallest absolute Gasteiger partial charge is 0.234 e. The highest BCUT2D eigenvalue weighted by atomic mass is 35.5. The van der Waals surface area contributed by atoms with Crippen molar-refractivity contribution in [1.82, 2.24) is 4.98 Å². The molecule has 2 aromatic carbocycles. The number of benzene rings is 2. The maximum atomic E-state index is 13.6. The van der Waals surface area contributed by atoms with E-state index >= 15 is 0 Å². The molecule has 0 saturated carbocycles. The Hall–Kier alpha value is -2.98. The minimum absolute atomic E-state index is 0.0221. The number of carbonyl (C=O) groups is 2. The van der Waals surface area contributed by atoms with E-state index in [1.165, 1.54) is 0 Å². The summed E-state index contributed by atoms with van der Waals surface area (Å²) in [5.41, 5.74) is 3.18. The molecular weight excluding hydrogens is 372 g/mol. The molecule has 2 heterocycles. The molecule has 1 atom stereocenters. The van der Waals surface area contributed by atoms with Crippen LogP contribution in [0.25, 0.3) is 0 Å². The first kappa shape index (κ1) is 18.4. The average Bonchev–Trinajstić information content (AvgIpc) is 2.74. The Bertz CT molecular complexity index is 1000. The molecule has 5 heteroatoms. The summed E-state index contributed by atoms with van der Waals surface area (Å²) < 4.78 is 0. The number of aromatic nitrogens is 1. The van der Waals surface area contributed by atoms with Gasteiger partial charge in [0, 0.05) is 35.9 Å². The van der Waals surface area contributed by atoms with Crippen LogP contribution in [-0.4, -0.2) is 23.2 Å². The fourth-order valence-corrected chi connectivity index (χ4v) is 3.75. The van der Waals surface area contributed by atoms with E-state index in [0.29, 0.717) is 35.7 Å². The second-order valence-corrected chi connectivity index (χ2v) is 7.29. The normalized spacial score (nSPS) is 14.5. The summed E-state index contributed by atoms with van der Waals surface area (Å²) >= 11 is 6.04. The van der Waals surface area contributed by atoms with Crippen LogP contribution in [0, 0.1) is 0 Å². The van der Waals surface area contributed by atoms with Crippen LogP contribution in [0.15, 0.2) is 73.1 Å². The molecule has 0 bridgehead atoms. The van der Waals surface area contributed by atoms with Gasteiger partial charge in [-0.2, -0.15) is 0 Å². The van der Waals surface area contributed by atoms with Gasteiger partial charge in [0.15, 0.2) is 5.78 Å². The Morgan fingerprint density at radius 1 is 1.07 bits per heavy atom. The molecule has 4 nitrogen and oxygen atoms in total. The largest absolute Gasteiger partial charge is 0.311 e. The van der Waals surface area contributed by atoms with Crippen molar-refractivity contribution in [3.05, 3.63) is 94.8 Å². The van der Waals surface area contributed by atoms with E-state index in [2.05, 4.69) is 4.98 Å². The van der Waals surface area contributed by atoms with Crippen LogP contribution in [-0.2, 0) is 11.2 Å². The Morgan fingerprint density at radius 3 is 2.61 bits per heavy atom. The van der Waals surface area contributed by atoms with Gasteiger partial charge in [-0.3, -0.25) is 14.6 Å². The van der Waals surface area contributed by atoms with Crippen molar-refractivity contribution in [2.45, 2.75) is 18.8 Å². The highest BCUT2D eigenvalue weighted by Gasteiger charge is 2.32. The summed E-state index contributed by atoms with van der Waals surface area (Å²) in [5.74, 6) is -0.330. The number of pyridine rings is 1. The first-order chi connectivity index (χ1) is 13.6. The number of fused-ring (bicyclic) bond motifs is 1. The molecule has 1 aliphatic heterocycles. The van der Waals surface area contributed by atoms with Gasteiger partial charge in [-0.1, -0.05) is 41.9 Å². The van der Waals surface area contributed by atoms with Crippen LogP contribution in [0.3, 0.4) is 0 Å². The van der Waals surface area contributed by atoms with Gasteiger partial charge >= 0.3 is 0 Å². The van der Waals surface area contributed by atoms with Crippen molar-refractivity contribution < 1.29 is 9.59 Å². The van der Waals surface area contributed by atoms with Crippen LogP contribution in [0.1, 0.15) is 33.8 Å². The molecule has 0 saturated heterocycles. The summed E-state index contributed by atoms with van der Waals surface area (Å²) in [5, 5.41) is 0.630. The maximum Gasteiger partial charge on any atom is 0.234 e. The van der Waals surface area contributed by atoms with Gasteiger partial charge < -0.3 is 4.90 Å². The van der Waals surface area contributed by atoms with Gasteiger partial charge in [0.2, 0.25) is 5.91 Å². The number of halogens is 1. The highest BCUT2D eigenvalue weighted by Crippen LogP contribution is 2.32. The van der Waals surface area contributed by atoms with Gasteiger partial charge in [-0.15, -0.1) is 0 Å². The third-order valence-corrected chi connectivity index (χ3v) is 5.31. The summed E-state index contributed by atoms with van der Waals surface area (Å²) in [6.07, 6.45) is 4.36. The van der Waals surface area contributed by atoms with Crippen molar-refractivity contribution in [2.24, 2.45) is 0 Å². The lowest BCUT2D eigenvalue weighted by molar-refractivity contribution is -0.120. The average molecular weight is 391 g/mol. The van der Waals surface area contributed by atoms with E-state index in [0.717, 1.165) is 11.1 Å². The lowest BCUT2D eigenvalue weighted by Crippen LogP contribution is -2.41. The zero-order chi connectivity index (χ0) is 19.5. The monoisotopic (exact) mass is 390 g/mol. The Kier molecular flexibility index (Phi) is 5.22. The SMILES string of the molecule is O=C1CCN(C(=O)C(Cc2cccnc2)c2ccc(Cl)cc2)c2ccccc21. The van der Waals surface area contributed by atoms with E-state index in [1.807, 2.05) is 42.5 Å². The molecule has 0 aliphatic carbocycles. The fourth-order valence-electron chi connectivity index (χ4n) is 3.63. The second-order valence-electron chi connectivity index (χ2n) is 6.85. The number of carbonyl (C=O) groups excluding carboxylic acids is 2. The van der Waals surface area contributed by atoms with E-state index < -0.39 is 0 Å². The van der Waals surface area contributed by atoms with Gasteiger partial charge in [-0.05, 0) is 47.9 Å². The van der Waals surface area contributed by atoms with Gasteiger partial charge in [0.25, 0.3) is 0 Å². The number of anilines is 1. The number of hydrogen-bond acceptors (Lipinski definition) is 3. The van der Waals surface area contributed by atoms with E-state index in [9.17, 15) is 9.59 Å². The molecule has 28 heavy (non-hydrogen) atoms. The minimum Gasteiger partial charge on any atom is -0.311 e. The molecule has 4 rings (SSSR count). The molecule has 0 N–H and O–H groups in total. The molecule has 3 aromatic rings.